The van der Waals surface area contributed by atoms with Crippen LogP contribution in [0.1, 0.15) is 16.1 Å². The van der Waals surface area contributed by atoms with Crippen LogP contribution in [0, 0.1) is 5.82 Å². The maximum absolute atomic E-state index is 14.2. The molecule has 0 spiro atoms. The summed E-state index contributed by atoms with van der Waals surface area (Å²) in [5.41, 5.74) is 0.231. The van der Waals surface area contributed by atoms with E-state index in [0.29, 0.717) is 16.3 Å². The van der Waals surface area contributed by atoms with Crippen molar-refractivity contribution in [2.45, 2.75) is 6.54 Å². The molecule has 1 aromatic heterocycles. The highest BCUT2D eigenvalue weighted by Gasteiger charge is 2.22. The Morgan fingerprint density at radius 1 is 1.30 bits per heavy atom. The third kappa shape index (κ3) is 3.83. The first kappa shape index (κ1) is 19.0. The summed E-state index contributed by atoms with van der Waals surface area (Å²) in [6.07, 6.45) is 1.57. The summed E-state index contributed by atoms with van der Waals surface area (Å²) < 4.78 is 16.0. The van der Waals surface area contributed by atoms with E-state index in [2.05, 4.69) is 27.6 Å². The van der Waals surface area contributed by atoms with Crippen LogP contribution in [0.3, 0.4) is 0 Å². The molecule has 1 amide bonds. The summed E-state index contributed by atoms with van der Waals surface area (Å²) >= 11 is 3.32. The average molecular weight is 430 g/mol. The molecule has 5 nitrogen and oxygen atoms in total. The number of aryl methyl sites for hydroxylation is 1. The van der Waals surface area contributed by atoms with Crippen LogP contribution in [-0.4, -0.2) is 27.1 Å². The van der Waals surface area contributed by atoms with Gasteiger partial charge >= 0.3 is 0 Å². The van der Waals surface area contributed by atoms with Gasteiger partial charge in [-0.25, -0.2) is 9.07 Å². The van der Waals surface area contributed by atoms with E-state index in [1.54, 1.807) is 42.5 Å². The second-order valence-corrected chi connectivity index (χ2v) is 6.95. The number of hydrogen-bond donors (Lipinski definition) is 0. The lowest BCUT2D eigenvalue weighted by Gasteiger charge is -2.22. The van der Waals surface area contributed by atoms with Gasteiger partial charge in [0.25, 0.3) is 11.5 Å². The van der Waals surface area contributed by atoms with Crippen LogP contribution in [0.15, 0.2) is 64.4 Å². The molecule has 0 radical (unpaired) electrons. The second kappa shape index (κ2) is 7.84. The first-order valence-corrected chi connectivity index (χ1v) is 9.02. The Kier molecular flexibility index (Phi) is 5.51. The summed E-state index contributed by atoms with van der Waals surface area (Å²) in [5, 5.41) is 5.04. The lowest BCUT2D eigenvalue weighted by molar-refractivity contribution is 0.0755. The van der Waals surface area contributed by atoms with Crippen molar-refractivity contribution in [2.24, 2.45) is 7.05 Å². The van der Waals surface area contributed by atoms with Crippen molar-refractivity contribution < 1.29 is 9.18 Å². The van der Waals surface area contributed by atoms with Crippen molar-refractivity contribution in [1.29, 1.82) is 0 Å². The van der Waals surface area contributed by atoms with Gasteiger partial charge in [-0.1, -0.05) is 40.2 Å². The fraction of sp³-hybridized carbons (Fsp3) is 0.150. The topological polar surface area (TPSA) is 55.2 Å². The van der Waals surface area contributed by atoms with E-state index in [1.165, 1.54) is 18.0 Å². The first-order chi connectivity index (χ1) is 12.9. The van der Waals surface area contributed by atoms with Crippen molar-refractivity contribution in [1.82, 2.24) is 14.7 Å². The molecule has 3 aromatic rings. The number of rotatable bonds is 5. The highest BCUT2D eigenvalue weighted by atomic mass is 79.9. The molecule has 0 fully saturated rings. The molecule has 0 aliphatic rings. The maximum Gasteiger partial charge on any atom is 0.275 e. The van der Waals surface area contributed by atoms with Crippen LogP contribution in [0.5, 0.6) is 0 Å². The van der Waals surface area contributed by atoms with Crippen LogP contribution in [-0.2, 0) is 13.6 Å². The maximum atomic E-state index is 14.2. The molecule has 1 heterocycles. The molecule has 0 unspecified atom stereocenters. The lowest BCUT2D eigenvalue weighted by Crippen LogP contribution is -2.34. The molecule has 27 heavy (non-hydrogen) atoms. The van der Waals surface area contributed by atoms with E-state index in [9.17, 15) is 14.0 Å². The van der Waals surface area contributed by atoms with Gasteiger partial charge in [0.15, 0.2) is 5.69 Å². The third-order valence-electron chi connectivity index (χ3n) is 4.16. The summed E-state index contributed by atoms with van der Waals surface area (Å²) in [4.78, 5) is 26.9. The third-order valence-corrected chi connectivity index (χ3v) is 4.66. The Morgan fingerprint density at radius 2 is 2.00 bits per heavy atom. The van der Waals surface area contributed by atoms with E-state index in [1.807, 2.05) is 0 Å². The van der Waals surface area contributed by atoms with Gasteiger partial charge in [-0.15, -0.1) is 6.58 Å². The van der Waals surface area contributed by atoms with Gasteiger partial charge in [0.2, 0.25) is 0 Å². The summed E-state index contributed by atoms with van der Waals surface area (Å²) in [6.45, 7) is 3.94. The molecule has 0 aliphatic carbocycles. The number of benzene rings is 2. The van der Waals surface area contributed by atoms with Crippen LogP contribution >= 0.6 is 15.9 Å². The van der Waals surface area contributed by atoms with Crippen molar-refractivity contribution in [3.63, 3.8) is 0 Å². The van der Waals surface area contributed by atoms with Crippen LogP contribution in [0.25, 0.3) is 10.8 Å². The normalized spacial score (nSPS) is 10.8. The van der Waals surface area contributed by atoms with Gasteiger partial charge in [0.05, 0.1) is 5.39 Å². The van der Waals surface area contributed by atoms with Crippen LogP contribution in [0.2, 0.25) is 0 Å². The van der Waals surface area contributed by atoms with E-state index in [-0.39, 0.29) is 24.3 Å². The molecule has 138 valence electrons. The van der Waals surface area contributed by atoms with Gasteiger partial charge in [0, 0.05) is 35.6 Å². The number of carbonyl (C=O) groups is 1. The molecule has 0 bridgehead atoms. The Bertz CT molecular complexity index is 1090. The van der Waals surface area contributed by atoms with Crippen LogP contribution < -0.4 is 5.56 Å². The molecule has 2 aromatic carbocycles. The highest BCUT2D eigenvalue weighted by molar-refractivity contribution is 9.10. The fourth-order valence-electron chi connectivity index (χ4n) is 2.85. The Labute approximate surface area is 163 Å². The Morgan fingerprint density at radius 3 is 2.70 bits per heavy atom. The minimum Gasteiger partial charge on any atom is -0.329 e. The molecule has 0 aliphatic heterocycles. The molecule has 0 saturated carbocycles. The Balaban J connectivity index is 2.07. The molecular weight excluding hydrogens is 413 g/mol. The molecule has 0 saturated heterocycles. The molecular formula is C20H17BrFN3O2. The van der Waals surface area contributed by atoms with E-state index in [4.69, 9.17) is 0 Å². The number of halogens is 2. The van der Waals surface area contributed by atoms with Crippen LogP contribution in [0.4, 0.5) is 4.39 Å². The number of aromatic nitrogens is 2. The largest absolute Gasteiger partial charge is 0.329 e. The fourth-order valence-corrected chi connectivity index (χ4v) is 3.26. The predicted octanol–water partition coefficient (Wildman–Crippen LogP) is 3.66. The van der Waals surface area contributed by atoms with Gasteiger partial charge < -0.3 is 4.90 Å². The second-order valence-electron chi connectivity index (χ2n) is 6.03. The quantitative estimate of drug-likeness (QED) is 0.581. The lowest BCUT2D eigenvalue weighted by atomic mass is 10.1. The average Bonchev–Trinajstić information content (AvgIpc) is 2.66. The van der Waals surface area contributed by atoms with Gasteiger partial charge in [-0.3, -0.25) is 9.59 Å². The zero-order valence-corrected chi connectivity index (χ0v) is 16.2. The number of carbonyl (C=O) groups excluding carboxylic acids is 1. The number of nitrogens with zero attached hydrogens (tertiary/aromatic N) is 3. The zero-order valence-electron chi connectivity index (χ0n) is 14.7. The zero-order chi connectivity index (χ0) is 19.6. The molecule has 0 N–H and O–H groups in total. The van der Waals surface area contributed by atoms with Crippen molar-refractivity contribution >= 4 is 32.6 Å². The Hall–Kier alpha value is -2.80. The summed E-state index contributed by atoms with van der Waals surface area (Å²) in [7, 11) is 1.50. The molecule has 0 atom stereocenters. The van der Waals surface area contributed by atoms with Gasteiger partial charge in [0.1, 0.15) is 5.82 Å². The highest BCUT2D eigenvalue weighted by Crippen LogP contribution is 2.20. The van der Waals surface area contributed by atoms with Crippen molar-refractivity contribution in [3.05, 3.63) is 87.0 Å². The number of amides is 1. The van der Waals surface area contributed by atoms with E-state index >= 15 is 0 Å². The van der Waals surface area contributed by atoms with Gasteiger partial charge in [-0.2, -0.15) is 5.10 Å². The smallest absolute Gasteiger partial charge is 0.275 e. The molecule has 7 heteroatoms. The number of fused-ring (bicyclic) bond motifs is 1. The molecule has 3 rings (SSSR count). The van der Waals surface area contributed by atoms with E-state index < -0.39 is 11.7 Å². The SMILES string of the molecule is C=CCN(Cc1cc(Br)ccc1F)C(=O)c1nn(C)c(=O)c2ccccc12. The van der Waals surface area contributed by atoms with Crippen molar-refractivity contribution in [2.75, 3.05) is 6.54 Å². The van der Waals surface area contributed by atoms with E-state index in [0.717, 1.165) is 9.15 Å². The summed E-state index contributed by atoms with van der Waals surface area (Å²) in [5.74, 6) is -0.806. The van der Waals surface area contributed by atoms with Crippen molar-refractivity contribution in [3.8, 4) is 0 Å². The first-order valence-electron chi connectivity index (χ1n) is 8.22. The minimum absolute atomic E-state index is 0.0506. The van der Waals surface area contributed by atoms with Gasteiger partial charge in [-0.05, 0) is 24.3 Å². The summed E-state index contributed by atoms with van der Waals surface area (Å²) in [6, 6.07) is 11.4. The monoisotopic (exact) mass is 429 g/mol. The standard InChI is InChI=1S/C20H17BrFN3O2/c1-3-10-25(12-13-11-14(21)8-9-17(13)22)20(27)18-15-6-4-5-7-16(15)19(26)24(2)23-18/h3-9,11H,1,10,12H2,2H3. The number of hydrogen-bond acceptors (Lipinski definition) is 3. The minimum atomic E-state index is -0.404. The predicted molar refractivity (Wildman–Crippen MR) is 106 cm³/mol.